The highest BCUT2D eigenvalue weighted by Gasteiger charge is 2.20. The molecule has 0 aliphatic carbocycles. The molecule has 1 unspecified atom stereocenters. The van der Waals surface area contributed by atoms with Crippen LogP contribution in [0.2, 0.25) is 0 Å². The Labute approximate surface area is 136 Å². The Morgan fingerprint density at radius 1 is 1.09 bits per heavy atom. The number of aryl methyl sites for hydroxylation is 1. The van der Waals surface area contributed by atoms with Gasteiger partial charge in [-0.15, -0.1) is 0 Å². The van der Waals surface area contributed by atoms with E-state index in [0.717, 1.165) is 11.1 Å². The number of rotatable bonds is 5. The lowest BCUT2D eigenvalue weighted by Gasteiger charge is -2.17. The second kappa shape index (κ2) is 7.46. The zero-order valence-corrected chi connectivity index (χ0v) is 13.7. The van der Waals surface area contributed by atoms with E-state index in [-0.39, 0.29) is 4.90 Å². The normalized spacial score (nSPS) is 12.3. The molecule has 0 spiro atoms. The molecule has 0 aliphatic heterocycles. The first-order valence-electron chi connectivity index (χ1n) is 6.75. The Morgan fingerprint density at radius 2 is 1.73 bits per heavy atom. The van der Waals surface area contributed by atoms with Crippen molar-refractivity contribution in [1.82, 2.24) is 4.72 Å². The topological polar surface area (TPSA) is 46.2 Å². The SMILES string of the molecule is Cc1ccc(S(=O)(=O)NC(CC#CCl)c2ccccc2)cc1. The lowest BCUT2D eigenvalue weighted by Crippen LogP contribution is -2.28. The van der Waals surface area contributed by atoms with Gasteiger partial charge < -0.3 is 0 Å². The van der Waals surface area contributed by atoms with Crippen molar-refractivity contribution in [3.63, 3.8) is 0 Å². The number of benzene rings is 2. The number of hydrogen-bond acceptors (Lipinski definition) is 2. The molecular weight excluding hydrogens is 318 g/mol. The van der Waals surface area contributed by atoms with Crippen LogP contribution < -0.4 is 4.72 Å². The van der Waals surface area contributed by atoms with Gasteiger partial charge in [-0.1, -0.05) is 53.9 Å². The van der Waals surface area contributed by atoms with E-state index in [1.165, 1.54) is 0 Å². The minimum absolute atomic E-state index is 0.234. The molecule has 114 valence electrons. The minimum Gasteiger partial charge on any atom is -0.207 e. The van der Waals surface area contributed by atoms with E-state index in [1.807, 2.05) is 37.3 Å². The molecule has 5 heteroatoms. The monoisotopic (exact) mass is 333 g/mol. The van der Waals surface area contributed by atoms with E-state index < -0.39 is 16.1 Å². The summed E-state index contributed by atoms with van der Waals surface area (Å²) in [5.41, 5.74) is 1.85. The smallest absolute Gasteiger partial charge is 0.207 e. The van der Waals surface area contributed by atoms with Crippen LogP contribution in [0.1, 0.15) is 23.6 Å². The summed E-state index contributed by atoms with van der Waals surface area (Å²) in [6.45, 7) is 1.91. The van der Waals surface area contributed by atoms with Crippen molar-refractivity contribution in [3.8, 4) is 11.3 Å². The van der Waals surface area contributed by atoms with Crippen LogP contribution in [0.3, 0.4) is 0 Å². The molecule has 22 heavy (non-hydrogen) atoms. The van der Waals surface area contributed by atoms with Crippen molar-refractivity contribution in [2.45, 2.75) is 24.3 Å². The third-order valence-corrected chi connectivity index (χ3v) is 4.82. The van der Waals surface area contributed by atoms with Crippen LogP contribution in [0.25, 0.3) is 0 Å². The molecular formula is C17H16ClNO2S. The molecule has 0 saturated heterocycles. The Morgan fingerprint density at radius 3 is 2.32 bits per heavy atom. The molecule has 0 heterocycles. The molecule has 3 nitrogen and oxygen atoms in total. The van der Waals surface area contributed by atoms with E-state index in [4.69, 9.17) is 11.6 Å². The van der Waals surface area contributed by atoms with Crippen molar-refractivity contribution in [3.05, 3.63) is 65.7 Å². The maximum absolute atomic E-state index is 12.5. The van der Waals surface area contributed by atoms with Crippen LogP contribution in [0.15, 0.2) is 59.5 Å². The third kappa shape index (κ3) is 4.35. The number of nitrogens with one attached hydrogen (secondary N) is 1. The van der Waals surface area contributed by atoms with Crippen LogP contribution in [0.4, 0.5) is 0 Å². The third-order valence-electron chi connectivity index (χ3n) is 3.20. The van der Waals surface area contributed by atoms with Gasteiger partial charge >= 0.3 is 0 Å². The van der Waals surface area contributed by atoms with Gasteiger partial charge in [-0.05, 0) is 36.2 Å². The van der Waals surface area contributed by atoms with Gasteiger partial charge in [0.05, 0.1) is 10.9 Å². The van der Waals surface area contributed by atoms with Gasteiger partial charge in [0, 0.05) is 11.8 Å². The van der Waals surface area contributed by atoms with E-state index in [1.54, 1.807) is 24.3 Å². The summed E-state index contributed by atoms with van der Waals surface area (Å²) in [5, 5.41) is 2.29. The molecule has 1 N–H and O–H groups in total. The highest BCUT2D eigenvalue weighted by molar-refractivity contribution is 7.89. The lowest BCUT2D eigenvalue weighted by molar-refractivity contribution is 0.559. The highest BCUT2D eigenvalue weighted by Crippen LogP contribution is 2.20. The average Bonchev–Trinajstić information content (AvgIpc) is 2.52. The van der Waals surface area contributed by atoms with Crippen LogP contribution in [0.5, 0.6) is 0 Å². The molecule has 2 aromatic rings. The first-order valence-corrected chi connectivity index (χ1v) is 8.61. The van der Waals surface area contributed by atoms with Crippen molar-refractivity contribution in [2.24, 2.45) is 0 Å². The molecule has 0 amide bonds. The zero-order chi connectivity index (χ0) is 16.0. The number of hydrogen-bond donors (Lipinski definition) is 1. The molecule has 0 radical (unpaired) electrons. The van der Waals surface area contributed by atoms with Crippen molar-refractivity contribution in [1.29, 1.82) is 0 Å². The standard InChI is InChI=1S/C17H16ClNO2S/c1-14-9-11-16(12-10-14)22(20,21)19-17(8-5-13-18)15-6-3-2-4-7-15/h2-4,6-7,9-12,17,19H,8H2,1H3. The molecule has 0 bridgehead atoms. The fraction of sp³-hybridized carbons (Fsp3) is 0.176. The predicted molar refractivity (Wildman–Crippen MR) is 88.9 cm³/mol. The highest BCUT2D eigenvalue weighted by atomic mass is 35.5. The molecule has 0 saturated carbocycles. The second-order valence-corrected chi connectivity index (χ2v) is 6.78. The first-order chi connectivity index (χ1) is 10.5. The van der Waals surface area contributed by atoms with Gasteiger partial charge in [0.15, 0.2) is 0 Å². The van der Waals surface area contributed by atoms with Gasteiger partial charge in [-0.3, -0.25) is 0 Å². The Kier molecular flexibility index (Phi) is 5.62. The van der Waals surface area contributed by atoms with Gasteiger partial charge in [0.1, 0.15) is 0 Å². The van der Waals surface area contributed by atoms with Crippen LogP contribution in [-0.4, -0.2) is 8.42 Å². The van der Waals surface area contributed by atoms with Gasteiger partial charge in [-0.2, -0.15) is 0 Å². The number of halogens is 1. The van der Waals surface area contributed by atoms with Crippen LogP contribution in [0, 0.1) is 18.2 Å². The minimum atomic E-state index is -3.62. The van der Waals surface area contributed by atoms with Crippen molar-refractivity contribution >= 4 is 21.6 Å². The summed E-state index contributed by atoms with van der Waals surface area (Å²) in [6, 6.07) is 15.6. The summed E-state index contributed by atoms with van der Waals surface area (Å²) in [4.78, 5) is 0.234. The Hall–Kier alpha value is -1.80. The van der Waals surface area contributed by atoms with Crippen LogP contribution >= 0.6 is 11.6 Å². The van der Waals surface area contributed by atoms with Crippen molar-refractivity contribution in [2.75, 3.05) is 0 Å². The lowest BCUT2D eigenvalue weighted by atomic mass is 10.1. The van der Waals surface area contributed by atoms with Gasteiger partial charge in [-0.25, -0.2) is 13.1 Å². The van der Waals surface area contributed by atoms with E-state index in [2.05, 4.69) is 16.0 Å². The quantitative estimate of drug-likeness (QED) is 0.850. The molecule has 0 aromatic heterocycles. The van der Waals surface area contributed by atoms with E-state index in [9.17, 15) is 8.42 Å². The Bertz CT molecular complexity index is 775. The largest absolute Gasteiger partial charge is 0.241 e. The number of sulfonamides is 1. The van der Waals surface area contributed by atoms with E-state index >= 15 is 0 Å². The maximum Gasteiger partial charge on any atom is 0.241 e. The molecule has 1 atom stereocenters. The maximum atomic E-state index is 12.5. The van der Waals surface area contributed by atoms with Gasteiger partial charge in [0.25, 0.3) is 0 Å². The first kappa shape index (κ1) is 16.6. The average molecular weight is 334 g/mol. The summed E-state index contributed by atoms with van der Waals surface area (Å²) < 4.78 is 27.7. The fourth-order valence-corrected chi connectivity index (χ4v) is 3.33. The predicted octanol–water partition coefficient (Wildman–Crippen LogP) is 3.60. The van der Waals surface area contributed by atoms with Crippen molar-refractivity contribution < 1.29 is 8.42 Å². The summed E-state index contributed by atoms with van der Waals surface area (Å²) in [5.74, 6) is 2.72. The summed E-state index contributed by atoms with van der Waals surface area (Å²) in [6.07, 6.45) is 0.304. The summed E-state index contributed by atoms with van der Waals surface area (Å²) >= 11 is 5.40. The molecule has 2 aromatic carbocycles. The molecule has 0 aliphatic rings. The van der Waals surface area contributed by atoms with Gasteiger partial charge in [0.2, 0.25) is 10.0 Å². The second-order valence-electron chi connectivity index (χ2n) is 4.87. The Balaban J connectivity index is 2.29. The summed E-state index contributed by atoms with van der Waals surface area (Å²) in [7, 11) is -3.62. The zero-order valence-electron chi connectivity index (χ0n) is 12.1. The van der Waals surface area contributed by atoms with Crippen LogP contribution in [-0.2, 0) is 10.0 Å². The molecule has 2 rings (SSSR count). The van der Waals surface area contributed by atoms with E-state index in [0.29, 0.717) is 6.42 Å². The molecule has 0 fully saturated rings. The fourth-order valence-electron chi connectivity index (χ4n) is 2.03.